The van der Waals surface area contributed by atoms with Crippen LogP contribution in [0.2, 0.25) is 5.02 Å². The lowest BCUT2D eigenvalue weighted by atomic mass is 9.88. The second-order valence-electron chi connectivity index (χ2n) is 9.79. The summed E-state index contributed by atoms with van der Waals surface area (Å²) in [5, 5.41) is 0.300. The molecule has 2 aromatic carbocycles. The number of methoxy groups -OCH3 is 2. The first-order chi connectivity index (χ1) is 19.8. The van der Waals surface area contributed by atoms with Crippen LogP contribution in [-0.4, -0.2) is 49.0 Å². The summed E-state index contributed by atoms with van der Waals surface area (Å²) in [5.74, 6) is 0.825. The van der Waals surface area contributed by atoms with Crippen molar-refractivity contribution in [1.29, 1.82) is 0 Å². The van der Waals surface area contributed by atoms with Crippen LogP contribution in [0.5, 0.6) is 23.1 Å². The maximum absolute atomic E-state index is 13.2. The van der Waals surface area contributed by atoms with E-state index in [0.29, 0.717) is 70.5 Å². The number of fused-ring (bicyclic) bond motifs is 1. The summed E-state index contributed by atoms with van der Waals surface area (Å²) in [6.07, 6.45) is 2.79. The number of aromatic nitrogens is 2. The Balaban J connectivity index is 1.29. The van der Waals surface area contributed by atoms with E-state index in [9.17, 15) is 14.0 Å². The zero-order valence-corrected chi connectivity index (χ0v) is 23.4. The van der Waals surface area contributed by atoms with Gasteiger partial charge in [0, 0.05) is 38.3 Å². The van der Waals surface area contributed by atoms with Crippen LogP contribution in [0.15, 0.2) is 60.8 Å². The molecule has 41 heavy (non-hydrogen) atoms. The Hall–Kier alpha value is -4.08. The third-order valence-corrected chi connectivity index (χ3v) is 7.32. The number of halogens is 2. The predicted octanol–water partition coefficient (Wildman–Crippen LogP) is 5.95. The van der Waals surface area contributed by atoms with E-state index in [1.165, 1.54) is 19.2 Å². The summed E-state index contributed by atoms with van der Waals surface area (Å²) in [6.45, 7) is 0.732. The first kappa shape index (κ1) is 28.4. The van der Waals surface area contributed by atoms with Gasteiger partial charge in [-0.3, -0.25) is 14.6 Å². The lowest BCUT2D eigenvalue weighted by Gasteiger charge is -2.15. The SMILES string of the molecule is COCCOc1cc2nccc(Oc3ccc(CC(=O)C4(C(=O)Cc5ccc(F)cc5)CC4)cc3Cl)c2nc1OC. The van der Waals surface area contributed by atoms with Crippen molar-refractivity contribution in [3.05, 3.63) is 82.8 Å². The number of pyridine rings is 2. The molecule has 1 aliphatic carbocycles. The fourth-order valence-electron chi connectivity index (χ4n) is 4.58. The van der Waals surface area contributed by atoms with Crippen LogP contribution >= 0.6 is 11.6 Å². The number of nitrogens with zero attached hydrogens (tertiary/aromatic N) is 2. The molecule has 0 aliphatic heterocycles. The van der Waals surface area contributed by atoms with E-state index >= 15 is 0 Å². The highest BCUT2D eigenvalue weighted by atomic mass is 35.5. The fourth-order valence-corrected chi connectivity index (χ4v) is 4.83. The highest BCUT2D eigenvalue weighted by Gasteiger charge is 2.54. The third-order valence-electron chi connectivity index (χ3n) is 7.02. The molecule has 10 heteroatoms. The van der Waals surface area contributed by atoms with Gasteiger partial charge in [-0.05, 0) is 48.2 Å². The van der Waals surface area contributed by atoms with Crippen molar-refractivity contribution in [3.8, 4) is 23.1 Å². The molecular weight excluding hydrogens is 551 g/mol. The molecule has 0 radical (unpaired) electrons. The molecule has 1 saturated carbocycles. The van der Waals surface area contributed by atoms with E-state index in [0.717, 1.165) is 0 Å². The van der Waals surface area contributed by atoms with E-state index in [4.69, 9.17) is 30.5 Å². The quantitative estimate of drug-likeness (QED) is 0.142. The number of carbonyl (C=O) groups is 2. The molecule has 0 saturated heterocycles. The van der Waals surface area contributed by atoms with Crippen LogP contribution in [0, 0.1) is 11.2 Å². The summed E-state index contributed by atoms with van der Waals surface area (Å²) < 4.78 is 35.4. The molecule has 0 spiro atoms. The Kier molecular flexibility index (Phi) is 8.46. The molecule has 4 aromatic rings. The number of ketones is 2. The topological polar surface area (TPSA) is 96.8 Å². The molecule has 5 rings (SSSR count). The van der Waals surface area contributed by atoms with Gasteiger partial charge < -0.3 is 18.9 Å². The summed E-state index contributed by atoms with van der Waals surface area (Å²) >= 11 is 6.55. The van der Waals surface area contributed by atoms with Crippen LogP contribution in [0.4, 0.5) is 4.39 Å². The average Bonchev–Trinajstić information content (AvgIpc) is 3.78. The van der Waals surface area contributed by atoms with E-state index in [2.05, 4.69) is 9.97 Å². The summed E-state index contributed by atoms with van der Waals surface area (Å²) in [4.78, 5) is 35.1. The van der Waals surface area contributed by atoms with E-state index in [-0.39, 0.29) is 36.1 Å². The summed E-state index contributed by atoms with van der Waals surface area (Å²) in [7, 11) is 3.08. The second-order valence-corrected chi connectivity index (χ2v) is 10.2. The second kappa shape index (κ2) is 12.2. The van der Waals surface area contributed by atoms with E-state index in [1.54, 1.807) is 55.8 Å². The first-order valence-electron chi connectivity index (χ1n) is 13.1. The van der Waals surface area contributed by atoms with Gasteiger partial charge in [-0.25, -0.2) is 9.37 Å². The molecule has 1 aliphatic rings. The van der Waals surface area contributed by atoms with E-state index in [1.807, 2.05) is 0 Å². The minimum absolute atomic E-state index is 0.0674. The molecule has 0 unspecified atom stereocenters. The van der Waals surface area contributed by atoms with Crippen LogP contribution in [-0.2, 0) is 27.2 Å². The molecule has 1 fully saturated rings. The smallest absolute Gasteiger partial charge is 0.257 e. The van der Waals surface area contributed by atoms with Crippen molar-refractivity contribution in [3.63, 3.8) is 0 Å². The highest BCUT2D eigenvalue weighted by molar-refractivity contribution is 6.32. The number of hydrogen-bond acceptors (Lipinski definition) is 8. The average molecular weight is 579 g/mol. The van der Waals surface area contributed by atoms with Gasteiger partial charge in [-0.15, -0.1) is 0 Å². The first-order valence-corrected chi connectivity index (χ1v) is 13.4. The van der Waals surface area contributed by atoms with Gasteiger partial charge in [0.2, 0.25) is 0 Å². The normalized spacial score (nSPS) is 13.6. The third kappa shape index (κ3) is 6.31. The minimum atomic E-state index is -0.983. The van der Waals surface area contributed by atoms with Gasteiger partial charge in [0.15, 0.2) is 23.1 Å². The van der Waals surface area contributed by atoms with Crippen LogP contribution in [0.1, 0.15) is 24.0 Å². The number of carbonyl (C=O) groups excluding carboxylic acids is 2. The number of hydrogen-bond donors (Lipinski definition) is 0. The van der Waals surface area contributed by atoms with Crippen LogP contribution in [0.3, 0.4) is 0 Å². The molecule has 0 bridgehead atoms. The highest BCUT2D eigenvalue weighted by Crippen LogP contribution is 2.49. The molecule has 8 nitrogen and oxygen atoms in total. The Morgan fingerprint density at radius 1 is 0.902 bits per heavy atom. The van der Waals surface area contributed by atoms with Gasteiger partial charge in [-0.1, -0.05) is 29.8 Å². The van der Waals surface area contributed by atoms with Crippen molar-refractivity contribution < 1.29 is 32.9 Å². The maximum atomic E-state index is 13.2. The van der Waals surface area contributed by atoms with Crippen molar-refractivity contribution in [2.24, 2.45) is 5.41 Å². The van der Waals surface area contributed by atoms with Crippen LogP contribution in [0.25, 0.3) is 11.0 Å². The van der Waals surface area contributed by atoms with Crippen LogP contribution < -0.4 is 14.2 Å². The summed E-state index contributed by atoms with van der Waals surface area (Å²) in [5.41, 5.74) is 1.36. The monoisotopic (exact) mass is 578 g/mol. The minimum Gasteiger partial charge on any atom is -0.485 e. The van der Waals surface area contributed by atoms with Crippen molar-refractivity contribution in [1.82, 2.24) is 9.97 Å². The summed E-state index contributed by atoms with van der Waals surface area (Å²) in [6, 6.07) is 14.2. The number of ether oxygens (including phenoxy) is 4. The molecule has 0 amide bonds. The Morgan fingerprint density at radius 2 is 1.61 bits per heavy atom. The molecule has 0 N–H and O–H groups in total. The lowest BCUT2D eigenvalue weighted by molar-refractivity contribution is -0.133. The lowest BCUT2D eigenvalue weighted by Crippen LogP contribution is -2.28. The largest absolute Gasteiger partial charge is 0.485 e. The van der Waals surface area contributed by atoms with Gasteiger partial charge in [-0.2, -0.15) is 0 Å². The molecule has 0 atom stereocenters. The number of rotatable bonds is 13. The zero-order chi connectivity index (χ0) is 29.0. The Morgan fingerprint density at radius 3 is 2.27 bits per heavy atom. The molecular formula is C31H28ClFN2O6. The standard InChI is InChI=1S/C31H28ClFN2O6/c1-38-13-14-40-26-18-23-29(35-30(26)39-2)25(9-12-34-23)41-24-8-5-20(15-22(24)32)17-28(37)31(10-11-31)27(36)16-19-3-6-21(33)7-4-19/h3-9,12,15,18H,10-11,13-14,16-17H2,1-2H3. The number of Topliss-reactive ketones (excluding diaryl/α,β-unsaturated/α-hetero) is 2. The van der Waals surface area contributed by atoms with Crippen molar-refractivity contribution >= 4 is 34.2 Å². The van der Waals surface area contributed by atoms with Gasteiger partial charge in [0.25, 0.3) is 5.88 Å². The van der Waals surface area contributed by atoms with Gasteiger partial charge >= 0.3 is 0 Å². The van der Waals surface area contributed by atoms with Crippen molar-refractivity contribution in [2.45, 2.75) is 25.7 Å². The van der Waals surface area contributed by atoms with Gasteiger partial charge in [0.05, 0.1) is 29.7 Å². The van der Waals surface area contributed by atoms with Crippen molar-refractivity contribution in [2.75, 3.05) is 27.4 Å². The Bertz CT molecular complexity index is 1590. The fraction of sp³-hybridized carbons (Fsp3) is 0.290. The molecule has 2 heterocycles. The zero-order valence-electron chi connectivity index (χ0n) is 22.6. The van der Waals surface area contributed by atoms with Gasteiger partial charge in [0.1, 0.15) is 23.7 Å². The van der Waals surface area contributed by atoms with E-state index < -0.39 is 5.41 Å². The maximum Gasteiger partial charge on any atom is 0.257 e. The molecule has 212 valence electrons. The predicted molar refractivity (Wildman–Crippen MR) is 150 cm³/mol. The Labute approximate surface area is 241 Å². The number of benzene rings is 2. The molecule has 2 aromatic heterocycles.